The van der Waals surface area contributed by atoms with E-state index < -0.39 is 196 Å². The summed E-state index contributed by atoms with van der Waals surface area (Å²) in [6, 6.07) is 3.56. The van der Waals surface area contributed by atoms with Crippen LogP contribution in [0.15, 0.2) is 82.6 Å². The van der Waals surface area contributed by atoms with E-state index in [1.54, 1.807) is 0 Å². The summed E-state index contributed by atoms with van der Waals surface area (Å²) in [6.07, 6.45) is -28.5. The number of aliphatic hydroxyl groups is 5. The smallest absolute Gasteiger partial charge is 0.387 e. The van der Waals surface area contributed by atoms with Crippen molar-refractivity contribution in [3.63, 3.8) is 0 Å². The molecule has 4 aliphatic rings. The highest BCUT2D eigenvalue weighted by Gasteiger charge is 2.55. The average Bonchev–Trinajstić information content (AvgIpc) is 4.18. The molecule has 4 aromatic rings. The summed E-state index contributed by atoms with van der Waals surface area (Å²) in [5.74, 6) is -0.312. The van der Waals surface area contributed by atoms with Crippen LogP contribution in [0.5, 0.6) is 0 Å². The fraction of sp³-hybridized carbons (Fsp3) is 0.556. The summed E-state index contributed by atoms with van der Waals surface area (Å²) < 4.78 is 112. The first kappa shape index (κ1) is 60.8. The fourth-order valence-corrected chi connectivity index (χ4v) is 11.6. The molecule has 80 heavy (non-hydrogen) atoms. The minimum absolute atomic E-state index is 0.312. The lowest BCUT2D eigenvalue weighted by Gasteiger charge is -2.26. The molecule has 4 fully saturated rings. The van der Waals surface area contributed by atoms with E-state index in [0.29, 0.717) is 18.3 Å². The molecule has 0 aliphatic carbocycles. The van der Waals surface area contributed by atoms with E-state index in [0.717, 1.165) is 49.1 Å². The monoisotopic (exact) mass is 1220 g/mol. The largest absolute Gasteiger partial charge is 0.694 e. The Labute approximate surface area is 441 Å². The molecule has 4 aromatic heterocycles. The van der Waals surface area contributed by atoms with Crippen molar-refractivity contribution in [1.82, 2.24) is 38.2 Å². The number of aromatic nitrogens is 8. The van der Waals surface area contributed by atoms with Gasteiger partial charge >= 0.3 is 54.5 Å². The summed E-state index contributed by atoms with van der Waals surface area (Å²) in [5, 5.41) is 55.2. The molecule has 44 heteroatoms. The second kappa shape index (κ2) is 24.3. The highest BCUT2D eigenvalue weighted by atomic mass is 31.2. The maximum absolute atomic E-state index is 13.8. The van der Waals surface area contributed by atoms with Crippen molar-refractivity contribution < 1.29 is 114 Å². The lowest BCUT2D eigenvalue weighted by atomic mass is 10.1. The Morgan fingerprint density at radius 2 is 0.838 bits per heavy atom. The van der Waals surface area contributed by atoms with E-state index in [9.17, 15) is 96.9 Å². The second-order valence-electron chi connectivity index (χ2n) is 17.3. The number of nitrogens with one attached hydrogen (secondary N) is 3. The Morgan fingerprint density at radius 3 is 1.20 bits per heavy atom. The molecule has 40 nitrogen and oxygen atoms in total. The number of hydrogen-bond donors (Lipinski definition) is 13. The Morgan fingerprint density at radius 1 is 0.512 bits per heavy atom. The molecule has 0 radical (unpaired) electrons. The van der Waals surface area contributed by atoms with Gasteiger partial charge in [0.1, 0.15) is 85.7 Å². The van der Waals surface area contributed by atoms with Crippen molar-refractivity contribution in [2.45, 2.75) is 98.2 Å². The van der Waals surface area contributed by atoms with Crippen LogP contribution in [0, 0.1) is 0 Å². The molecule has 0 aromatic carbocycles. The molecule has 4 saturated heterocycles. The minimum Gasteiger partial charge on any atom is -0.387 e. The summed E-state index contributed by atoms with van der Waals surface area (Å²) in [7, 11) is -20.4. The van der Waals surface area contributed by atoms with Gasteiger partial charge < -0.3 is 64.9 Å². The number of nitrogen functional groups attached to an aromatic ring is 1. The van der Waals surface area contributed by atoms with Gasteiger partial charge in [0, 0.05) is 47.6 Å². The second-order valence-corrected chi connectivity index (χ2v) is 22.3. The number of aromatic amines is 3. The Bertz CT molecular complexity index is 3520. The van der Waals surface area contributed by atoms with Crippen molar-refractivity contribution in [3.05, 3.63) is 122 Å². The zero-order chi connectivity index (χ0) is 58.3. The van der Waals surface area contributed by atoms with Crippen molar-refractivity contribution >= 4 is 37.5 Å². The van der Waals surface area contributed by atoms with Crippen LogP contribution in [0.2, 0.25) is 0 Å². The Hall–Kier alpha value is -5.29. The van der Waals surface area contributed by atoms with Crippen LogP contribution in [-0.2, 0) is 68.9 Å². The van der Waals surface area contributed by atoms with E-state index in [-0.39, 0.29) is 5.82 Å². The number of phosphoric ester groups is 3. The number of hydrogen-bond acceptors (Lipinski definition) is 29. The summed E-state index contributed by atoms with van der Waals surface area (Å²) in [6.45, 7) is -4.71. The lowest BCUT2D eigenvalue weighted by molar-refractivity contribution is -0.0655. The third-order valence-corrected chi connectivity index (χ3v) is 15.4. The normalized spacial score (nSPS) is 33.0. The molecule has 4 unspecified atom stereocenters. The summed E-state index contributed by atoms with van der Waals surface area (Å²) >= 11 is 0. The van der Waals surface area contributed by atoms with Gasteiger partial charge in [-0.2, -0.15) is 4.98 Å². The van der Waals surface area contributed by atoms with Crippen LogP contribution in [0.4, 0.5) is 5.82 Å². The van der Waals surface area contributed by atoms with Gasteiger partial charge in [0.25, 0.3) is 16.7 Å². The van der Waals surface area contributed by atoms with Crippen LogP contribution in [-0.4, -0.2) is 183 Å². The molecule has 20 atom stereocenters. The van der Waals surface area contributed by atoms with E-state index in [1.807, 2.05) is 15.0 Å². The van der Waals surface area contributed by atoms with Crippen molar-refractivity contribution in [1.29, 1.82) is 0 Å². The number of ether oxygens (including phenoxy) is 4. The maximum Gasteiger partial charge on any atom is 0.694 e. The highest BCUT2D eigenvalue weighted by Crippen LogP contribution is 2.54. The van der Waals surface area contributed by atoms with Crippen molar-refractivity contribution in [3.8, 4) is 0 Å². The van der Waals surface area contributed by atoms with Gasteiger partial charge in [0.2, 0.25) is 0 Å². The molecule has 0 spiro atoms. The van der Waals surface area contributed by atoms with E-state index in [4.69, 9.17) is 51.8 Å². The van der Waals surface area contributed by atoms with Gasteiger partial charge in [-0.3, -0.25) is 74.7 Å². The van der Waals surface area contributed by atoms with Crippen LogP contribution >= 0.6 is 31.7 Å². The molecule has 0 saturated carbocycles. The van der Waals surface area contributed by atoms with Crippen LogP contribution < -0.4 is 45.2 Å². The number of rotatable bonds is 22. The number of phosphoric acid groups is 3. The number of nitrogens with two attached hydrogens (primary N) is 1. The fourth-order valence-electron chi connectivity index (χ4n) is 8.43. The maximum atomic E-state index is 13.8. The number of nitrogens with zero attached hydrogens (tertiary/aromatic N) is 5. The SMILES string of the molecule is Nc1ccn([C@@H]2O[C@H](COP(=O)(O)O[C@H]3[C@@H](O)[C@H](n4ccc(=O)[nH]c4=O)O[C@@H]3COP(=O)(O)O[C@H]3[C@@H](O)[C@H](n4ccc(=O)[nH]c4=O)O[C@@H]3CO[P+](=O)O)[C@@H](OP(=O)(O)OC[C@H]3O[C@@H](n4ccc(=O)[nH]c4=O)[C@H](O)[C@@H]3O)[C@H]2O)c(=O)n1. The number of anilines is 1. The van der Waals surface area contributed by atoms with Crippen LogP contribution in [0.3, 0.4) is 0 Å². The molecule has 0 amide bonds. The number of H-pyrrole nitrogens is 3. The Balaban J connectivity index is 0.991. The van der Waals surface area contributed by atoms with Crippen LogP contribution in [0.25, 0.3) is 0 Å². The first-order chi connectivity index (χ1) is 37.5. The van der Waals surface area contributed by atoms with Crippen LogP contribution in [0.1, 0.15) is 24.9 Å². The molecular formula is C36H46N9O31P4+. The van der Waals surface area contributed by atoms with Gasteiger partial charge in [-0.1, -0.05) is 0 Å². The molecule has 14 N–H and O–H groups in total. The lowest BCUT2D eigenvalue weighted by Crippen LogP contribution is -2.39. The molecule has 8 heterocycles. The van der Waals surface area contributed by atoms with E-state index >= 15 is 0 Å². The molecule has 440 valence electrons. The molecule has 0 bridgehead atoms. The van der Waals surface area contributed by atoms with Gasteiger partial charge in [-0.15, -0.1) is 9.42 Å². The quantitative estimate of drug-likeness (QED) is 0.0325. The third-order valence-electron chi connectivity index (χ3n) is 12.1. The zero-order valence-electron chi connectivity index (χ0n) is 39.8. The third kappa shape index (κ3) is 13.8. The first-order valence-electron chi connectivity index (χ1n) is 22.6. The minimum atomic E-state index is -5.80. The Kier molecular flexibility index (Phi) is 18.4. The first-order valence-corrected chi connectivity index (χ1v) is 28.2. The molecular weight excluding hydrogens is 1180 g/mol. The van der Waals surface area contributed by atoms with Crippen molar-refractivity contribution in [2.24, 2.45) is 0 Å². The average molecular weight is 1220 g/mol. The van der Waals surface area contributed by atoms with Gasteiger partial charge in [-0.05, 0) is 6.07 Å². The predicted octanol–water partition coefficient (Wildman–Crippen LogP) is -6.96. The van der Waals surface area contributed by atoms with Gasteiger partial charge in [0.05, 0.1) is 19.8 Å². The van der Waals surface area contributed by atoms with E-state index in [2.05, 4.69) is 9.51 Å². The highest BCUT2D eigenvalue weighted by molar-refractivity contribution is 7.48. The number of aliphatic hydroxyl groups excluding tert-OH is 5. The molecule has 4 aliphatic heterocycles. The van der Waals surface area contributed by atoms with Gasteiger partial charge in [-0.25, -0.2) is 32.9 Å². The zero-order valence-corrected chi connectivity index (χ0v) is 43.4. The van der Waals surface area contributed by atoms with Gasteiger partial charge in [0.15, 0.2) is 24.9 Å². The van der Waals surface area contributed by atoms with Crippen molar-refractivity contribution in [2.75, 3.05) is 32.2 Å². The predicted molar refractivity (Wildman–Crippen MR) is 250 cm³/mol. The van der Waals surface area contributed by atoms with E-state index in [1.165, 1.54) is 0 Å². The summed E-state index contributed by atoms with van der Waals surface area (Å²) in [4.78, 5) is 137. The summed E-state index contributed by atoms with van der Waals surface area (Å²) in [5.41, 5.74) is -1.72. The molecule has 8 rings (SSSR count). The standard InChI is InChI=1S/C36H45N9O31P4/c37-17-1-5-42(33(54)38-17)30-24(52)27(75-78(60,61)67-10-13-21(49)22(50)29(70-13)43-6-2-18(46)39-34(43)55)15(72-30)11-69-80(64,65)76-28-16(73-32(25(28)53)45-8-4-20(48)41-36(45)57)12-68-79(62,63)74-26-14(9-66-77(58)59)71-31(23(26)51)44-7-3-19(47)40-35(44)56/h1-8,13-16,21-32,49-53H,9-12H2,(H8-,37,38,39,40,41,46,47,48,54,55,56,57,58,59,60,61,62,63,64,65)/p+1/t13-,14-,15-,16-,21-,22-,23-,24-,25-,26-,27-,28-,29-,30-,31-,32-/m1/s1. The topological polar surface area (TPSA) is 577 Å².